The Morgan fingerprint density at radius 2 is 2.09 bits per heavy atom. The maximum Gasteiger partial charge on any atom is 0.220 e. The topological polar surface area (TPSA) is 58.1 Å². The van der Waals surface area contributed by atoms with Crippen LogP contribution in [0.25, 0.3) is 0 Å². The average molecular weight is 316 g/mol. The molecule has 0 aromatic carbocycles. The number of aromatic nitrogens is 2. The van der Waals surface area contributed by atoms with Crippen molar-refractivity contribution in [1.82, 2.24) is 20.2 Å². The fraction of sp³-hybridized carbons (Fsp3) is 0.722. The van der Waals surface area contributed by atoms with E-state index in [1.54, 1.807) is 12.4 Å². The number of hydrogen-bond acceptors (Lipinski definition) is 4. The van der Waals surface area contributed by atoms with Crippen LogP contribution in [0.4, 0.5) is 0 Å². The molecule has 126 valence electrons. The number of amides is 1. The summed E-state index contributed by atoms with van der Waals surface area (Å²) in [5.41, 5.74) is 0. The Morgan fingerprint density at radius 3 is 2.74 bits per heavy atom. The zero-order valence-electron chi connectivity index (χ0n) is 14.1. The van der Waals surface area contributed by atoms with Gasteiger partial charge in [0.15, 0.2) is 0 Å². The average Bonchev–Trinajstić information content (AvgIpc) is 2.86. The number of rotatable bonds is 7. The number of hydrogen-bond donors (Lipinski definition) is 1. The van der Waals surface area contributed by atoms with Gasteiger partial charge < -0.3 is 5.32 Å². The fourth-order valence-corrected chi connectivity index (χ4v) is 3.75. The minimum atomic E-state index is 0.249. The normalized spacial score (nSPS) is 25.3. The molecule has 0 unspecified atom stereocenters. The monoisotopic (exact) mass is 316 g/mol. The number of carbonyl (C=O) groups excluding carboxylic acids is 1. The highest BCUT2D eigenvalue weighted by Crippen LogP contribution is 2.29. The summed E-state index contributed by atoms with van der Waals surface area (Å²) >= 11 is 0. The lowest BCUT2D eigenvalue weighted by atomic mass is 9.82. The minimum absolute atomic E-state index is 0.249. The van der Waals surface area contributed by atoms with Gasteiger partial charge in [-0.2, -0.15) is 0 Å². The zero-order chi connectivity index (χ0) is 16.1. The van der Waals surface area contributed by atoms with Crippen molar-refractivity contribution in [3.05, 3.63) is 24.3 Å². The number of nitrogens with zero attached hydrogens (tertiary/aromatic N) is 3. The van der Waals surface area contributed by atoms with Crippen LogP contribution in [0.1, 0.15) is 51.3 Å². The molecule has 1 amide bonds. The van der Waals surface area contributed by atoms with Gasteiger partial charge in [0, 0.05) is 37.9 Å². The SMILES string of the molecule is CCC[C@H]1CN(Cc2ncccn2)C[C@@H]1NC(=O)CC1CCC1. The van der Waals surface area contributed by atoms with E-state index in [-0.39, 0.29) is 11.9 Å². The Labute approximate surface area is 138 Å². The molecule has 1 aliphatic heterocycles. The van der Waals surface area contributed by atoms with Crippen molar-refractivity contribution in [2.75, 3.05) is 13.1 Å². The molecule has 0 spiro atoms. The van der Waals surface area contributed by atoms with Crippen LogP contribution in [0.5, 0.6) is 0 Å². The van der Waals surface area contributed by atoms with Crippen LogP contribution in [0.3, 0.4) is 0 Å². The number of carbonyl (C=O) groups is 1. The summed E-state index contributed by atoms with van der Waals surface area (Å²) in [6.07, 6.45) is 10.4. The molecule has 3 rings (SSSR count). The summed E-state index contributed by atoms with van der Waals surface area (Å²) in [5.74, 6) is 2.30. The van der Waals surface area contributed by atoms with Crippen LogP contribution in [-0.4, -0.2) is 39.9 Å². The first kappa shape index (κ1) is 16.4. The first-order chi connectivity index (χ1) is 11.2. The van der Waals surface area contributed by atoms with Gasteiger partial charge in [-0.25, -0.2) is 9.97 Å². The highest BCUT2D eigenvalue weighted by molar-refractivity contribution is 5.76. The van der Waals surface area contributed by atoms with Crippen molar-refractivity contribution in [3.63, 3.8) is 0 Å². The molecule has 2 fully saturated rings. The lowest BCUT2D eigenvalue weighted by molar-refractivity contribution is -0.123. The van der Waals surface area contributed by atoms with Gasteiger partial charge >= 0.3 is 0 Å². The second-order valence-corrected chi connectivity index (χ2v) is 7.08. The molecule has 0 radical (unpaired) electrons. The van der Waals surface area contributed by atoms with Crippen LogP contribution in [0.2, 0.25) is 0 Å². The summed E-state index contributed by atoms with van der Waals surface area (Å²) < 4.78 is 0. The first-order valence-corrected chi connectivity index (χ1v) is 9.02. The van der Waals surface area contributed by atoms with Crippen molar-refractivity contribution >= 4 is 5.91 Å². The third-order valence-corrected chi connectivity index (χ3v) is 5.21. The maximum absolute atomic E-state index is 12.3. The Bertz CT molecular complexity index is 503. The van der Waals surface area contributed by atoms with Crippen LogP contribution in [-0.2, 0) is 11.3 Å². The third-order valence-electron chi connectivity index (χ3n) is 5.21. The molecule has 1 aromatic rings. The summed E-state index contributed by atoms with van der Waals surface area (Å²) in [4.78, 5) is 23.3. The lowest BCUT2D eigenvalue weighted by Gasteiger charge is -2.26. The Balaban J connectivity index is 1.53. The molecule has 1 N–H and O–H groups in total. The Morgan fingerprint density at radius 1 is 1.30 bits per heavy atom. The predicted octanol–water partition coefficient (Wildman–Crippen LogP) is 2.38. The maximum atomic E-state index is 12.3. The van der Waals surface area contributed by atoms with Gasteiger partial charge in [-0.05, 0) is 37.2 Å². The smallest absolute Gasteiger partial charge is 0.220 e. The summed E-state index contributed by atoms with van der Waals surface area (Å²) in [6, 6.07) is 2.13. The molecule has 1 saturated carbocycles. The lowest BCUT2D eigenvalue weighted by Crippen LogP contribution is -2.41. The Kier molecular flexibility index (Phi) is 5.60. The van der Waals surface area contributed by atoms with Crippen molar-refractivity contribution in [2.45, 2.75) is 58.0 Å². The van der Waals surface area contributed by atoms with Crippen molar-refractivity contribution in [2.24, 2.45) is 11.8 Å². The van der Waals surface area contributed by atoms with E-state index in [1.807, 2.05) is 6.07 Å². The van der Waals surface area contributed by atoms with Crippen molar-refractivity contribution in [1.29, 1.82) is 0 Å². The minimum Gasteiger partial charge on any atom is -0.352 e. The standard InChI is InChI=1S/C18H28N4O/c1-2-5-15-11-22(13-17-19-8-4-9-20-17)12-16(15)21-18(23)10-14-6-3-7-14/h4,8-9,14-16H,2-3,5-7,10-13H2,1H3,(H,21,23)/t15-,16-/m0/s1. The van der Waals surface area contributed by atoms with Crippen molar-refractivity contribution < 1.29 is 4.79 Å². The van der Waals surface area contributed by atoms with E-state index >= 15 is 0 Å². The predicted molar refractivity (Wildman–Crippen MR) is 89.6 cm³/mol. The first-order valence-electron chi connectivity index (χ1n) is 9.02. The summed E-state index contributed by atoms with van der Waals surface area (Å²) in [7, 11) is 0. The van der Waals surface area contributed by atoms with Crippen LogP contribution < -0.4 is 5.32 Å². The van der Waals surface area contributed by atoms with Gasteiger partial charge in [-0.1, -0.05) is 19.8 Å². The van der Waals surface area contributed by atoms with E-state index in [0.717, 1.165) is 38.3 Å². The van der Waals surface area contributed by atoms with Gasteiger partial charge in [-0.3, -0.25) is 9.69 Å². The van der Waals surface area contributed by atoms with Gasteiger partial charge in [-0.15, -0.1) is 0 Å². The quantitative estimate of drug-likeness (QED) is 0.839. The fourth-order valence-electron chi connectivity index (χ4n) is 3.75. The summed E-state index contributed by atoms with van der Waals surface area (Å²) in [5, 5.41) is 3.31. The molecule has 2 aliphatic rings. The van der Waals surface area contributed by atoms with Gasteiger partial charge in [0.1, 0.15) is 5.82 Å². The molecule has 23 heavy (non-hydrogen) atoms. The van der Waals surface area contributed by atoms with E-state index < -0.39 is 0 Å². The zero-order valence-corrected chi connectivity index (χ0v) is 14.1. The molecule has 5 heteroatoms. The van der Waals surface area contributed by atoms with Crippen molar-refractivity contribution in [3.8, 4) is 0 Å². The molecule has 5 nitrogen and oxygen atoms in total. The number of nitrogens with one attached hydrogen (secondary N) is 1. The molecule has 0 bridgehead atoms. The Hall–Kier alpha value is -1.49. The van der Waals surface area contributed by atoms with Gasteiger partial charge in [0.2, 0.25) is 5.91 Å². The molecule has 2 heterocycles. The molecule has 1 saturated heterocycles. The van der Waals surface area contributed by atoms with E-state index in [2.05, 4.69) is 27.1 Å². The highest BCUT2D eigenvalue weighted by Gasteiger charge is 2.34. The van der Waals surface area contributed by atoms with E-state index in [4.69, 9.17) is 0 Å². The molecular formula is C18H28N4O. The molecule has 1 aromatic heterocycles. The van der Waals surface area contributed by atoms with Gasteiger partial charge in [0.25, 0.3) is 0 Å². The van der Waals surface area contributed by atoms with Crippen LogP contribution >= 0.6 is 0 Å². The van der Waals surface area contributed by atoms with Crippen LogP contribution in [0, 0.1) is 11.8 Å². The second kappa shape index (κ2) is 7.86. The van der Waals surface area contributed by atoms with E-state index in [1.165, 1.54) is 25.7 Å². The second-order valence-electron chi connectivity index (χ2n) is 7.08. The molecule has 2 atom stereocenters. The van der Waals surface area contributed by atoms with E-state index in [0.29, 0.717) is 11.8 Å². The van der Waals surface area contributed by atoms with E-state index in [9.17, 15) is 4.79 Å². The summed E-state index contributed by atoms with van der Waals surface area (Å²) in [6.45, 7) is 4.94. The third kappa shape index (κ3) is 4.50. The molecular weight excluding hydrogens is 288 g/mol. The van der Waals surface area contributed by atoms with Gasteiger partial charge in [0.05, 0.1) is 6.54 Å². The number of likely N-dealkylation sites (tertiary alicyclic amines) is 1. The largest absolute Gasteiger partial charge is 0.352 e. The highest BCUT2D eigenvalue weighted by atomic mass is 16.1. The van der Waals surface area contributed by atoms with Crippen LogP contribution in [0.15, 0.2) is 18.5 Å². The molecule has 1 aliphatic carbocycles.